The third-order valence-corrected chi connectivity index (χ3v) is 3.44. The summed E-state index contributed by atoms with van der Waals surface area (Å²) in [5.41, 5.74) is -0.662. The Labute approximate surface area is 108 Å². The molecule has 1 rings (SSSR count). The molecule has 0 heterocycles. The van der Waals surface area contributed by atoms with Crippen LogP contribution in [0.1, 0.15) is 10.4 Å². The minimum absolute atomic E-state index is 0.208. The van der Waals surface area contributed by atoms with Gasteiger partial charge in [0, 0.05) is 36.9 Å². The number of nitrogens with zero attached hydrogens (tertiary/aromatic N) is 2. The number of nitro groups is 1. The molecule has 9 heteroatoms. The lowest BCUT2D eigenvalue weighted by molar-refractivity contribution is -0.385. The maximum absolute atomic E-state index is 11.7. The molecule has 0 N–H and O–H groups in total. The fourth-order valence-electron chi connectivity index (χ4n) is 1.24. The van der Waals surface area contributed by atoms with Gasteiger partial charge in [-0.15, -0.1) is 0 Å². The van der Waals surface area contributed by atoms with Crippen molar-refractivity contribution in [3.63, 3.8) is 0 Å². The van der Waals surface area contributed by atoms with E-state index >= 15 is 0 Å². The SMILES string of the molecule is CN(C)C(=O)c1ccc([N+](=O)[O-])cc1S(=O)(=O)Cl. The lowest BCUT2D eigenvalue weighted by Gasteiger charge is -2.12. The molecule has 0 aliphatic rings. The standard InChI is InChI=1S/C9H9ClN2O5S/c1-11(2)9(13)7-4-3-6(12(14)15)5-8(7)18(10,16)17/h3-5H,1-2H3. The Bertz CT molecular complexity index is 611. The zero-order valence-corrected chi connectivity index (χ0v) is 11.0. The fourth-order valence-corrected chi connectivity index (χ4v) is 2.31. The van der Waals surface area contributed by atoms with E-state index < -0.39 is 30.5 Å². The highest BCUT2D eigenvalue weighted by Crippen LogP contribution is 2.25. The van der Waals surface area contributed by atoms with Crippen molar-refractivity contribution in [2.24, 2.45) is 0 Å². The molecule has 1 amide bonds. The summed E-state index contributed by atoms with van der Waals surface area (Å²) in [6.45, 7) is 0. The van der Waals surface area contributed by atoms with Gasteiger partial charge in [-0.1, -0.05) is 0 Å². The van der Waals surface area contributed by atoms with Crippen molar-refractivity contribution < 1.29 is 18.1 Å². The van der Waals surface area contributed by atoms with Crippen LogP contribution in [-0.2, 0) is 9.05 Å². The van der Waals surface area contributed by atoms with E-state index in [9.17, 15) is 23.3 Å². The van der Waals surface area contributed by atoms with Gasteiger partial charge in [0.1, 0.15) is 4.90 Å². The molecule has 1 aromatic carbocycles. The summed E-state index contributed by atoms with van der Waals surface area (Å²) in [4.78, 5) is 22.1. The molecule has 0 spiro atoms. The number of amides is 1. The van der Waals surface area contributed by atoms with E-state index in [0.717, 1.165) is 23.1 Å². The van der Waals surface area contributed by atoms with Crippen LogP contribution in [0.3, 0.4) is 0 Å². The van der Waals surface area contributed by atoms with Crippen LogP contribution in [0.15, 0.2) is 23.1 Å². The predicted octanol–water partition coefficient (Wildman–Crippen LogP) is 1.22. The summed E-state index contributed by atoms with van der Waals surface area (Å²) in [6.07, 6.45) is 0. The Kier molecular flexibility index (Phi) is 3.92. The van der Waals surface area contributed by atoms with Gasteiger partial charge < -0.3 is 4.90 Å². The number of hydrogen-bond acceptors (Lipinski definition) is 5. The Morgan fingerprint density at radius 1 is 1.39 bits per heavy atom. The van der Waals surface area contributed by atoms with Crippen LogP contribution in [0.25, 0.3) is 0 Å². The first-order valence-corrected chi connectivity index (χ1v) is 6.90. The van der Waals surface area contributed by atoms with Gasteiger partial charge >= 0.3 is 0 Å². The molecule has 0 aliphatic carbocycles. The molecule has 7 nitrogen and oxygen atoms in total. The summed E-state index contributed by atoms with van der Waals surface area (Å²) in [7, 11) is 3.77. The van der Waals surface area contributed by atoms with E-state index in [1.807, 2.05) is 0 Å². The molecule has 0 aromatic heterocycles. The van der Waals surface area contributed by atoms with Crippen LogP contribution in [0, 0.1) is 10.1 Å². The van der Waals surface area contributed by atoms with Gasteiger partial charge in [0.25, 0.3) is 20.6 Å². The van der Waals surface area contributed by atoms with Crippen molar-refractivity contribution in [2.75, 3.05) is 14.1 Å². The molecule has 0 bridgehead atoms. The number of hydrogen-bond donors (Lipinski definition) is 0. The van der Waals surface area contributed by atoms with Crippen LogP contribution >= 0.6 is 10.7 Å². The molecule has 0 unspecified atom stereocenters. The Hall–Kier alpha value is -1.67. The molecule has 0 atom stereocenters. The van der Waals surface area contributed by atoms with E-state index in [-0.39, 0.29) is 5.56 Å². The molecule has 1 aromatic rings. The van der Waals surface area contributed by atoms with Gasteiger partial charge in [-0.25, -0.2) is 8.42 Å². The molecule has 0 fully saturated rings. The van der Waals surface area contributed by atoms with Crippen molar-refractivity contribution in [1.29, 1.82) is 0 Å². The Morgan fingerprint density at radius 3 is 2.33 bits per heavy atom. The summed E-state index contributed by atoms with van der Waals surface area (Å²) < 4.78 is 22.7. The van der Waals surface area contributed by atoms with Crippen LogP contribution in [0.5, 0.6) is 0 Å². The first-order chi connectivity index (χ1) is 8.14. The van der Waals surface area contributed by atoms with Gasteiger partial charge in [-0.2, -0.15) is 0 Å². The topological polar surface area (TPSA) is 97.6 Å². The van der Waals surface area contributed by atoms with Crippen LogP contribution < -0.4 is 0 Å². The molecular weight excluding hydrogens is 284 g/mol. The smallest absolute Gasteiger partial charge is 0.270 e. The zero-order valence-electron chi connectivity index (χ0n) is 9.45. The van der Waals surface area contributed by atoms with Crippen molar-refractivity contribution in [3.05, 3.63) is 33.9 Å². The summed E-state index contributed by atoms with van der Waals surface area (Å²) in [5.74, 6) is -0.607. The Balaban J connectivity index is 3.54. The van der Waals surface area contributed by atoms with Crippen LogP contribution in [-0.4, -0.2) is 38.2 Å². The first-order valence-electron chi connectivity index (χ1n) is 4.59. The summed E-state index contributed by atoms with van der Waals surface area (Å²) in [5, 5.41) is 10.6. The maximum Gasteiger partial charge on any atom is 0.270 e. The predicted molar refractivity (Wildman–Crippen MR) is 64.2 cm³/mol. The highest BCUT2D eigenvalue weighted by atomic mass is 35.7. The third-order valence-electron chi connectivity index (χ3n) is 2.08. The quantitative estimate of drug-likeness (QED) is 0.474. The van der Waals surface area contributed by atoms with E-state index in [4.69, 9.17) is 10.7 Å². The minimum Gasteiger partial charge on any atom is -0.345 e. The number of nitro benzene ring substituents is 1. The second-order valence-electron chi connectivity index (χ2n) is 3.57. The number of benzene rings is 1. The van der Waals surface area contributed by atoms with Crippen molar-refractivity contribution >= 4 is 31.3 Å². The highest BCUT2D eigenvalue weighted by molar-refractivity contribution is 8.13. The van der Waals surface area contributed by atoms with Gasteiger partial charge in [0.15, 0.2) is 0 Å². The number of rotatable bonds is 3. The van der Waals surface area contributed by atoms with Crippen molar-refractivity contribution in [1.82, 2.24) is 4.90 Å². The molecule has 98 valence electrons. The highest BCUT2D eigenvalue weighted by Gasteiger charge is 2.24. The lowest BCUT2D eigenvalue weighted by atomic mass is 10.2. The van der Waals surface area contributed by atoms with E-state index in [1.165, 1.54) is 14.1 Å². The minimum atomic E-state index is -4.25. The number of halogens is 1. The fraction of sp³-hybridized carbons (Fsp3) is 0.222. The molecule has 18 heavy (non-hydrogen) atoms. The maximum atomic E-state index is 11.7. The normalized spacial score (nSPS) is 11.1. The Morgan fingerprint density at radius 2 is 1.94 bits per heavy atom. The number of non-ortho nitro benzene ring substituents is 1. The van der Waals surface area contributed by atoms with Gasteiger partial charge in [-0.05, 0) is 6.07 Å². The summed E-state index contributed by atoms with van der Waals surface area (Å²) in [6, 6.07) is 2.87. The average Bonchev–Trinajstić information content (AvgIpc) is 2.25. The van der Waals surface area contributed by atoms with Crippen molar-refractivity contribution in [3.8, 4) is 0 Å². The molecule has 0 saturated carbocycles. The largest absolute Gasteiger partial charge is 0.345 e. The first kappa shape index (κ1) is 14.4. The molecular formula is C9H9ClN2O5S. The second-order valence-corrected chi connectivity index (χ2v) is 6.11. The third kappa shape index (κ3) is 2.96. The van der Waals surface area contributed by atoms with Gasteiger partial charge in [-0.3, -0.25) is 14.9 Å². The molecule has 0 aliphatic heterocycles. The lowest BCUT2D eigenvalue weighted by Crippen LogP contribution is -2.23. The van der Waals surface area contributed by atoms with Crippen LogP contribution in [0.4, 0.5) is 5.69 Å². The van der Waals surface area contributed by atoms with Crippen molar-refractivity contribution in [2.45, 2.75) is 4.90 Å². The second kappa shape index (κ2) is 4.91. The van der Waals surface area contributed by atoms with Crippen LogP contribution in [0.2, 0.25) is 0 Å². The van der Waals surface area contributed by atoms with E-state index in [1.54, 1.807) is 0 Å². The monoisotopic (exact) mass is 292 g/mol. The molecule has 0 radical (unpaired) electrons. The molecule has 0 saturated heterocycles. The van der Waals surface area contributed by atoms with Gasteiger partial charge in [0.05, 0.1) is 10.5 Å². The zero-order chi connectivity index (χ0) is 14.1. The van der Waals surface area contributed by atoms with Gasteiger partial charge in [0.2, 0.25) is 0 Å². The average molecular weight is 293 g/mol. The van der Waals surface area contributed by atoms with E-state index in [2.05, 4.69) is 0 Å². The van der Waals surface area contributed by atoms with E-state index in [0.29, 0.717) is 0 Å². The summed E-state index contributed by atoms with van der Waals surface area (Å²) >= 11 is 0. The number of carbonyl (C=O) groups excluding carboxylic acids is 1. The number of carbonyl (C=O) groups is 1.